The summed E-state index contributed by atoms with van der Waals surface area (Å²) in [4.78, 5) is 16.4. The first-order valence-electron chi connectivity index (χ1n) is 9.62. The molecule has 0 aliphatic heterocycles. The summed E-state index contributed by atoms with van der Waals surface area (Å²) >= 11 is 0. The molecule has 0 spiro atoms. The van der Waals surface area contributed by atoms with E-state index in [1.165, 1.54) is 12.8 Å². The van der Waals surface area contributed by atoms with E-state index in [-0.39, 0.29) is 6.10 Å². The fourth-order valence-corrected chi connectivity index (χ4v) is 3.94. The van der Waals surface area contributed by atoms with Crippen molar-refractivity contribution in [2.45, 2.75) is 51.7 Å². The highest BCUT2D eigenvalue weighted by atomic mass is 16.5. The van der Waals surface area contributed by atoms with Crippen LogP contribution in [-0.2, 0) is 0 Å². The number of rotatable bonds is 5. The van der Waals surface area contributed by atoms with Crippen LogP contribution in [0, 0.1) is 0 Å². The van der Waals surface area contributed by atoms with E-state index in [0.717, 1.165) is 41.0 Å². The van der Waals surface area contributed by atoms with Gasteiger partial charge in [0.1, 0.15) is 11.6 Å². The molecule has 1 aliphatic rings. The number of imidazole rings is 1. The van der Waals surface area contributed by atoms with Crippen molar-refractivity contribution in [2.75, 3.05) is 0 Å². The maximum atomic E-state index is 11.6. The van der Waals surface area contributed by atoms with Gasteiger partial charge in [-0.05, 0) is 69.2 Å². The number of primary amides is 1. The average molecular weight is 363 g/mol. The quantitative estimate of drug-likeness (QED) is 0.714. The van der Waals surface area contributed by atoms with Gasteiger partial charge in [-0.3, -0.25) is 4.79 Å². The van der Waals surface area contributed by atoms with Gasteiger partial charge in [0.2, 0.25) is 5.91 Å². The molecule has 0 atom stereocenters. The maximum Gasteiger partial charge on any atom is 0.248 e. The molecule has 0 radical (unpaired) electrons. The summed E-state index contributed by atoms with van der Waals surface area (Å²) in [6, 6.07) is 14.1. The number of nitrogens with zero attached hydrogens (tertiary/aromatic N) is 2. The molecule has 1 saturated carbocycles. The molecule has 5 nitrogen and oxygen atoms in total. The molecule has 140 valence electrons. The number of ether oxygens (including phenoxy) is 1. The monoisotopic (exact) mass is 363 g/mol. The summed E-state index contributed by atoms with van der Waals surface area (Å²) < 4.78 is 8.10. The summed E-state index contributed by atoms with van der Waals surface area (Å²) in [5, 5.41) is 0. The highest BCUT2D eigenvalue weighted by molar-refractivity contribution is 5.96. The predicted molar refractivity (Wildman–Crippen MR) is 107 cm³/mol. The van der Waals surface area contributed by atoms with E-state index in [1.54, 1.807) is 12.1 Å². The van der Waals surface area contributed by atoms with Gasteiger partial charge in [0.25, 0.3) is 0 Å². The number of aromatic nitrogens is 2. The van der Waals surface area contributed by atoms with Crippen LogP contribution in [0.1, 0.15) is 55.9 Å². The number of amides is 1. The Labute approximate surface area is 159 Å². The van der Waals surface area contributed by atoms with Crippen LogP contribution in [-0.4, -0.2) is 21.6 Å². The number of hydrogen-bond acceptors (Lipinski definition) is 3. The Bertz CT molecular complexity index is 967. The Morgan fingerprint density at radius 3 is 2.48 bits per heavy atom. The van der Waals surface area contributed by atoms with Crippen molar-refractivity contribution in [3.63, 3.8) is 0 Å². The second-order valence-electron chi connectivity index (χ2n) is 7.50. The Kier molecular flexibility index (Phi) is 4.60. The first-order chi connectivity index (χ1) is 13.0. The SMILES string of the molecule is CC(C)Oc1ccc(-c2nc3cc(C(N)=O)ccc3n2C2CCCC2)cc1. The number of carbonyl (C=O) groups is 1. The second-order valence-corrected chi connectivity index (χ2v) is 7.50. The normalized spacial score (nSPS) is 14.9. The van der Waals surface area contributed by atoms with Gasteiger partial charge in [0, 0.05) is 17.2 Å². The molecule has 1 aromatic heterocycles. The second kappa shape index (κ2) is 7.06. The number of carbonyl (C=O) groups excluding carboxylic acids is 1. The lowest BCUT2D eigenvalue weighted by Gasteiger charge is -2.17. The molecular weight excluding hydrogens is 338 g/mol. The topological polar surface area (TPSA) is 70.1 Å². The van der Waals surface area contributed by atoms with Gasteiger partial charge < -0.3 is 15.0 Å². The lowest BCUT2D eigenvalue weighted by molar-refractivity contribution is 0.100. The first-order valence-corrected chi connectivity index (χ1v) is 9.62. The van der Waals surface area contributed by atoms with Crippen LogP contribution in [0.3, 0.4) is 0 Å². The van der Waals surface area contributed by atoms with Crippen LogP contribution >= 0.6 is 0 Å². The molecule has 1 fully saturated rings. The van der Waals surface area contributed by atoms with Gasteiger partial charge in [0.15, 0.2) is 0 Å². The fraction of sp³-hybridized carbons (Fsp3) is 0.364. The van der Waals surface area contributed by atoms with E-state index >= 15 is 0 Å². The largest absolute Gasteiger partial charge is 0.491 e. The van der Waals surface area contributed by atoms with Crippen molar-refractivity contribution in [2.24, 2.45) is 5.73 Å². The number of fused-ring (bicyclic) bond motifs is 1. The van der Waals surface area contributed by atoms with Crippen molar-refractivity contribution in [3.05, 3.63) is 48.0 Å². The Morgan fingerprint density at radius 1 is 1.15 bits per heavy atom. The van der Waals surface area contributed by atoms with Crippen molar-refractivity contribution >= 4 is 16.9 Å². The molecule has 0 bridgehead atoms. The fourth-order valence-electron chi connectivity index (χ4n) is 3.94. The smallest absolute Gasteiger partial charge is 0.248 e. The van der Waals surface area contributed by atoms with Crippen molar-refractivity contribution in [1.82, 2.24) is 9.55 Å². The summed E-state index contributed by atoms with van der Waals surface area (Å²) in [5.41, 5.74) is 8.87. The molecule has 0 saturated heterocycles. The van der Waals surface area contributed by atoms with Gasteiger partial charge in [-0.2, -0.15) is 0 Å². The minimum absolute atomic E-state index is 0.145. The molecule has 4 rings (SSSR count). The standard InChI is InChI=1S/C22H25N3O2/c1-14(2)27-18-10-7-15(8-11-18)22-24-19-13-16(21(23)26)9-12-20(19)25(22)17-5-3-4-6-17/h7-14,17H,3-6H2,1-2H3,(H2,23,26). The Hall–Kier alpha value is -2.82. The van der Waals surface area contributed by atoms with Crippen molar-refractivity contribution in [1.29, 1.82) is 0 Å². The van der Waals surface area contributed by atoms with Crippen LogP contribution in [0.25, 0.3) is 22.4 Å². The summed E-state index contributed by atoms with van der Waals surface area (Å²) in [5.74, 6) is 1.37. The third-order valence-corrected chi connectivity index (χ3v) is 5.15. The summed E-state index contributed by atoms with van der Waals surface area (Å²) in [6.45, 7) is 4.04. The Balaban J connectivity index is 1.82. The van der Waals surface area contributed by atoms with Gasteiger partial charge in [0.05, 0.1) is 17.1 Å². The first kappa shape index (κ1) is 17.6. The van der Waals surface area contributed by atoms with Crippen LogP contribution in [0.5, 0.6) is 5.75 Å². The zero-order chi connectivity index (χ0) is 19.0. The number of benzene rings is 2. The van der Waals surface area contributed by atoms with Gasteiger partial charge in [-0.15, -0.1) is 0 Å². The van der Waals surface area contributed by atoms with Gasteiger partial charge in [-0.1, -0.05) is 12.8 Å². The Morgan fingerprint density at radius 2 is 1.85 bits per heavy atom. The molecule has 1 heterocycles. The van der Waals surface area contributed by atoms with Crippen LogP contribution < -0.4 is 10.5 Å². The molecule has 2 N–H and O–H groups in total. The number of hydrogen-bond donors (Lipinski definition) is 1. The van der Waals surface area contributed by atoms with E-state index in [9.17, 15) is 4.79 Å². The molecule has 0 unspecified atom stereocenters. The summed E-state index contributed by atoms with van der Waals surface area (Å²) in [6.07, 6.45) is 4.94. The van der Waals surface area contributed by atoms with E-state index < -0.39 is 5.91 Å². The minimum atomic E-state index is -0.427. The molecule has 2 aromatic carbocycles. The molecule has 1 aliphatic carbocycles. The van der Waals surface area contributed by atoms with E-state index in [1.807, 2.05) is 32.0 Å². The maximum absolute atomic E-state index is 11.6. The molecule has 3 aromatic rings. The van der Waals surface area contributed by atoms with E-state index in [4.69, 9.17) is 15.5 Å². The zero-order valence-corrected chi connectivity index (χ0v) is 15.8. The molecule has 1 amide bonds. The lowest BCUT2D eigenvalue weighted by atomic mass is 10.1. The molecule has 27 heavy (non-hydrogen) atoms. The van der Waals surface area contributed by atoms with Gasteiger partial charge in [-0.25, -0.2) is 4.98 Å². The number of nitrogens with two attached hydrogens (primary N) is 1. The van der Waals surface area contributed by atoms with E-state index in [0.29, 0.717) is 11.6 Å². The third-order valence-electron chi connectivity index (χ3n) is 5.15. The van der Waals surface area contributed by atoms with E-state index in [2.05, 4.69) is 16.7 Å². The lowest BCUT2D eigenvalue weighted by Crippen LogP contribution is -2.10. The van der Waals surface area contributed by atoms with Crippen molar-refractivity contribution in [3.8, 4) is 17.1 Å². The van der Waals surface area contributed by atoms with Crippen LogP contribution in [0.4, 0.5) is 0 Å². The third kappa shape index (κ3) is 3.42. The van der Waals surface area contributed by atoms with Crippen LogP contribution in [0.2, 0.25) is 0 Å². The zero-order valence-electron chi connectivity index (χ0n) is 15.8. The highest BCUT2D eigenvalue weighted by Gasteiger charge is 2.23. The highest BCUT2D eigenvalue weighted by Crippen LogP contribution is 2.37. The van der Waals surface area contributed by atoms with Gasteiger partial charge >= 0.3 is 0 Å². The van der Waals surface area contributed by atoms with Crippen LogP contribution in [0.15, 0.2) is 42.5 Å². The predicted octanol–water partition coefficient (Wildman–Crippen LogP) is 4.70. The minimum Gasteiger partial charge on any atom is -0.491 e. The molecule has 5 heteroatoms. The summed E-state index contributed by atoms with van der Waals surface area (Å²) in [7, 11) is 0. The average Bonchev–Trinajstić information content (AvgIpc) is 3.28. The van der Waals surface area contributed by atoms with Crippen molar-refractivity contribution < 1.29 is 9.53 Å². The molecular formula is C22H25N3O2.